The normalized spacial score (nSPS) is 12.0. The molecule has 3 nitrogen and oxygen atoms in total. The predicted octanol–water partition coefficient (Wildman–Crippen LogP) is 3.85. The molecule has 0 fully saturated rings. The van der Waals surface area contributed by atoms with Crippen LogP contribution in [-0.4, -0.2) is 19.6 Å². The van der Waals surface area contributed by atoms with Gasteiger partial charge in [0.05, 0.1) is 19.7 Å². The fourth-order valence-corrected chi connectivity index (χ4v) is 2.40. The number of esters is 1. The van der Waals surface area contributed by atoms with Crippen LogP contribution in [0.5, 0.6) is 0 Å². The summed E-state index contributed by atoms with van der Waals surface area (Å²) in [7, 11) is 1.36. The maximum absolute atomic E-state index is 11.4. The molecule has 1 N–H and O–H groups in total. The molecule has 0 aliphatic rings. The lowest BCUT2D eigenvalue weighted by atomic mass is 9.98. The molecule has 2 rings (SSSR count). The van der Waals surface area contributed by atoms with Gasteiger partial charge in [-0.15, -0.1) is 0 Å². The zero-order valence-electron chi connectivity index (χ0n) is 11.5. The van der Waals surface area contributed by atoms with Gasteiger partial charge in [0, 0.05) is 10.0 Å². The summed E-state index contributed by atoms with van der Waals surface area (Å²) in [6.45, 7) is 0.0923. The van der Waals surface area contributed by atoms with Crippen LogP contribution < -0.4 is 5.32 Å². The molecule has 1 atom stereocenters. The largest absolute Gasteiger partial charge is 0.468 e. The van der Waals surface area contributed by atoms with Crippen molar-refractivity contribution in [2.75, 3.05) is 13.7 Å². The maximum atomic E-state index is 11.4. The van der Waals surface area contributed by atoms with E-state index >= 15 is 0 Å². The monoisotopic (exact) mass is 323 g/mol. The molecule has 0 heterocycles. The van der Waals surface area contributed by atoms with Crippen LogP contribution in [0.2, 0.25) is 10.0 Å². The lowest BCUT2D eigenvalue weighted by molar-refractivity contribution is -0.139. The number of methoxy groups -OCH3 is 1. The van der Waals surface area contributed by atoms with Crippen LogP contribution in [0.3, 0.4) is 0 Å². The van der Waals surface area contributed by atoms with Crippen molar-refractivity contribution in [1.82, 2.24) is 5.32 Å². The Morgan fingerprint density at radius 3 is 2.43 bits per heavy atom. The quantitative estimate of drug-likeness (QED) is 0.849. The van der Waals surface area contributed by atoms with Gasteiger partial charge in [-0.3, -0.25) is 10.1 Å². The molecule has 0 aromatic heterocycles. The van der Waals surface area contributed by atoms with Crippen molar-refractivity contribution >= 4 is 29.2 Å². The zero-order valence-corrected chi connectivity index (χ0v) is 13.0. The number of hydrogen-bond acceptors (Lipinski definition) is 3. The highest BCUT2D eigenvalue weighted by atomic mass is 35.5. The van der Waals surface area contributed by atoms with E-state index < -0.39 is 0 Å². The third-order valence-electron chi connectivity index (χ3n) is 3.10. The molecule has 2 aromatic rings. The van der Waals surface area contributed by atoms with Crippen LogP contribution in [0.25, 0.3) is 0 Å². The van der Waals surface area contributed by atoms with Crippen molar-refractivity contribution in [3.8, 4) is 0 Å². The molecular weight excluding hydrogens is 309 g/mol. The lowest BCUT2D eigenvalue weighted by Gasteiger charge is -2.20. The molecule has 21 heavy (non-hydrogen) atoms. The van der Waals surface area contributed by atoms with E-state index in [9.17, 15) is 4.79 Å². The second-order valence-electron chi connectivity index (χ2n) is 4.46. The molecule has 0 bridgehead atoms. The number of benzene rings is 2. The summed E-state index contributed by atoms with van der Waals surface area (Å²) in [5.74, 6) is -0.332. The molecule has 5 heteroatoms. The van der Waals surface area contributed by atoms with Crippen molar-refractivity contribution in [2.24, 2.45) is 0 Å². The highest BCUT2D eigenvalue weighted by Gasteiger charge is 2.17. The van der Waals surface area contributed by atoms with Gasteiger partial charge in [0.25, 0.3) is 0 Å². The van der Waals surface area contributed by atoms with E-state index in [1.54, 1.807) is 12.1 Å². The number of nitrogens with one attached hydrogen (secondary N) is 1. The summed E-state index contributed by atoms with van der Waals surface area (Å²) in [4.78, 5) is 11.4. The van der Waals surface area contributed by atoms with Gasteiger partial charge >= 0.3 is 5.97 Å². The third kappa shape index (κ3) is 4.21. The average Bonchev–Trinajstić information content (AvgIpc) is 2.50. The fourth-order valence-electron chi connectivity index (χ4n) is 2.03. The van der Waals surface area contributed by atoms with Gasteiger partial charge < -0.3 is 4.74 Å². The van der Waals surface area contributed by atoms with E-state index in [0.717, 1.165) is 11.1 Å². The molecule has 0 amide bonds. The average molecular weight is 324 g/mol. The summed E-state index contributed by atoms with van der Waals surface area (Å²) in [6.07, 6.45) is 0. The standard InChI is InChI=1S/C16H15Cl2NO2/c1-21-15(20)10-19-16(11-6-8-12(17)9-7-11)13-4-2-3-5-14(13)18/h2-9,16,19H,10H2,1H3. The van der Waals surface area contributed by atoms with Crippen molar-refractivity contribution in [1.29, 1.82) is 0 Å². The van der Waals surface area contributed by atoms with E-state index in [4.69, 9.17) is 23.2 Å². The minimum absolute atomic E-state index is 0.0923. The molecule has 0 radical (unpaired) electrons. The third-order valence-corrected chi connectivity index (χ3v) is 3.69. The number of carbonyl (C=O) groups is 1. The lowest BCUT2D eigenvalue weighted by Crippen LogP contribution is -2.29. The Balaban J connectivity index is 2.32. The Labute approximate surface area is 133 Å². The molecule has 0 saturated carbocycles. The fraction of sp³-hybridized carbons (Fsp3) is 0.188. The molecule has 0 aliphatic carbocycles. The van der Waals surface area contributed by atoms with Crippen LogP contribution in [-0.2, 0) is 9.53 Å². The molecule has 0 saturated heterocycles. The first kappa shape index (κ1) is 15.8. The number of rotatable bonds is 5. The summed E-state index contributed by atoms with van der Waals surface area (Å²) in [5.41, 5.74) is 1.86. The summed E-state index contributed by atoms with van der Waals surface area (Å²) in [5, 5.41) is 4.45. The SMILES string of the molecule is COC(=O)CNC(c1ccc(Cl)cc1)c1ccccc1Cl. The number of halogens is 2. The Bertz CT molecular complexity index is 614. The minimum atomic E-state index is -0.332. The van der Waals surface area contributed by atoms with E-state index in [1.165, 1.54) is 7.11 Å². The van der Waals surface area contributed by atoms with Gasteiger partial charge in [-0.25, -0.2) is 0 Å². The summed E-state index contributed by atoms with van der Waals surface area (Å²) < 4.78 is 4.67. The maximum Gasteiger partial charge on any atom is 0.319 e. The number of hydrogen-bond donors (Lipinski definition) is 1. The van der Waals surface area contributed by atoms with Crippen molar-refractivity contribution in [3.05, 3.63) is 69.7 Å². The highest BCUT2D eigenvalue weighted by molar-refractivity contribution is 6.31. The van der Waals surface area contributed by atoms with E-state index in [1.807, 2.05) is 36.4 Å². The molecule has 0 spiro atoms. The summed E-state index contributed by atoms with van der Waals surface area (Å²) in [6, 6.07) is 14.7. The number of carbonyl (C=O) groups excluding carboxylic acids is 1. The first-order chi connectivity index (χ1) is 10.1. The van der Waals surface area contributed by atoms with Crippen molar-refractivity contribution in [2.45, 2.75) is 6.04 Å². The van der Waals surface area contributed by atoms with E-state index in [0.29, 0.717) is 10.0 Å². The Morgan fingerprint density at radius 2 is 1.81 bits per heavy atom. The Kier molecular flexibility index (Phi) is 5.62. The van der Waals surface area contributed by atoms with Crippen molar-refractivity contribution < 1.29 is 9.53 Å². The van der Waals surface area contributed by atoms with Gasteiger partial charge in [0.1, 0.15) is 0 Å². The highest BCUT2D eigenvalue weighted by Crippen LogP contribution is 2.28. The molecule has 0 aliphatic heterocycles. The molecule has 110 valence electrons. The zero-order chi connectivity index (χ0) is 15.2. The van der Waals surface area contributed by atoms with Crippen LogP contribution >= 0.6 is 23.2 Å². The topological polar surface area (TPSA) is 38.3 Å². The van der Waals surface area contributed by atoms with Crippen LogP contribution in [0.15, 0.2) is 48.5 Å². The first-order valence-electron chi connectivity index (χ1n) is 6.42. The predicted molar refractivity (Wildman–Crippen MR) is 84.8 cm³/mol. The van der Waals surface area contributed by atoms with Gasteiger partial charge in [0.15, 0.2) is 0 Å². The van der Waals surface area contributed by atoms with Gasteiger partial charge in [-0.05, 0) is 29.3 Å². The smallest absolute Gasteiger partial charge is 0.319 e. The second-order valence-corrected chi connectivity index (χ2v) is 5.31. The van der Waals surface area contributed by atoms with Gasteiger partial charge in [-0.2, -0.15) is 0 Å². The minimum Gasteiger partial charge on any atom is -0.468 e. The van der Waals surface area contributed by atoms with Gasteiger partial charge in [0.2, 0.25) is 0 Å². The first-order valence-corrected chi connectivity index (χ1v) is 7.17. The Hall–Kier alpha value is -1.55. The van der Waals surface area contributed by atoms with Crippen LogP contribution in [0, 0.1) is 0 Å². The summed E-state index contributed by atoms with van der Waals surface area (Å²) >= 11 is 12.2. The van der Waals surface area contributed by atoms with Crippen LogP contribution in [0.4, 0.5) is 0 Å². The Morgan fingerprint density at radius 1 is 1.14 bits per heavy atom. The molecule has 1 unspecified atom stereocenters. The van der Waals surface area contributed by atoms with Crippen molar-refractivity contribution in [3.63, 3.8) is 0 Å². The van der Waals surface area contributed by atoms with E-state index in [-0.39, 0.29) is 18.6 Å². The molecule has 2 aromatic carbocycles. The van der Waals surface area contributed by atoms with Crippen LogP contribution in [0.1, 0.15) is 17.2 Å². The number of ether oxygens (including phenoxy) is 1. The van der Waals surface area contributed by atoms with E-state index in [2.05, 4.69) is 10.1 Å². The second kappa shape index (κ2) is 7.46. The van der Waals surface area contributed by atoms with Gasteiger partial charge in [-0.1, -0.05) is 53.5 Å². The molecular formula is C16H15Cl2NO2.